The van der Waals surface area contributed by atoms with Crippen LogP contribution in [0.1, 0.15) is 62.3 Å². The first-order valence-corrected chi connectivity index (χ1v) is 8.58. The summed E-state index contributed by atoms with van der Waals surface area (Å²) in [6.07, 6.45) is 5.10. The van der Waals surface area contributed by atoms with Gasteiger partial charge < -0.3 is 5.32 Å². The largest absolute Gasteiger partial charge is 0.311 e. The zero-order valence-corrected chi connectivity index (χ0v) is 14.5. The molecule has 1 N–H and O–H groups in total. The zero-order chi connectivity index (χ0) is 15.5. The van der Waals surface area contributed by atoms with Crippen LogP contribution >= 0.6 is 0 Å². The summed E-state index contributed by atoms with van der Waals surface area (Å²) < 4.78 is 0. The number of rotatable bonds is 6. The molecule has 21 heavy (non-hydrogen) atoms. The lowest BCUT2D eigenvalue weighted by molar-refractivity contribution is 0.0647. The van der Waals surface area contributed by atoms with Crippen molar-refractivity contribution in [3.8, 4) is 0 Å². The number of likely N-dealkylation sites (N-methyl/N-ethyl adjacent to an activating group) is 1. The van der Waals surface area contributed by atoms with Gasteiger partial charge in [-0.05, 0) is 65.2 Å². The van der Waals surface area contributed by atoms with Gasteiger partial charge in [0.1, 0.15) is 0 Å². The summed E-state index contributed by atoms with van der Waals surface area (Å²) in [6, 6.07) is 7.41. The maximum Gasteiger partial charge on any atom is 0.0504 e. The van der Waals surface area contributed by atoms with Gasteiger partial charge in [-0.25, -0.2) is 0 Å². The molecule has 2 nitrogen and oxygen atoms in total. The molecule has 0 spiro atoms. The molecule has 1 fully saturated rings. The van der Waals surface area contributed by atoms with Crippen LogP contribution in [-0.4, -0.2) is 30.6 Å². The number of nitrogens with zero attached hydrogens (tertiary/aromatic N) is 1. The quantitative estimate of drug-likeness (QED) is 0.843. The fourth-order valence-electron chi connectivity index (χ4n) is 4.37. The van der Waals surface area contributed by atoms with E-state index in [0.717, 1.165) is 0 Å². The van der Waals surface area contributed by atoms with Crippen LogP contribution < -0.4 is 5.32 Å². The third-order valence-corrected chi connectivity index (χ3v) is 5.36. The minimum atomic E-state index is 0.242. The average molecular weight is 288 g/mol. The number of aryl methyl sites for hydroxylation is 2. The smallest absolute Gasteiger partial charge is 0.0504 e. The summed E-state index contributed by atoms with van der Waals surface area (Å²) in [5, 5.41) is 3.65. The highest BCUT2D eigenvalue weighted by molar-refractivity contribution is 5.33. The van der Waals surface area contributed by atoms with E-state index in [1.165, 1.54) is 55.5 Å². The minimum Gasteiger partial charge on any atom is -0.311 e. The van der Waals surface area contributed by atoms with Crippen molar-refractivity contribution in [3.05, 3.63) is 34.9 Å². The Kier molecular flexibility index (Phi) is 5.45. The molecule has 1 heterocycles. The lowest BCUT2D eigenvalue weighted by atomic mass is 9.78. The molecule has 1 aliphatic rings. The monoisotopic (exact) mass is 288 g/mol. The molecule has 0 aromatic heterocycles. The van der Waals surface area contributed by atoms with Gasteiger partial charge in [-0.1, -0.05) is 43.2 Å². The van der Waals surface area contributed by atoms with Gasteiger partial charge in [0.2, 0.25) is 0 Å². The Labute approximate surface area is 130 Å². The van der Waals surface area contributed by atoms with E-state index in [0.29, 0.717) is 6.04 Å². The van der Waals surface area contributed by atoms with Crippen molar-refractivity contribution in [2.75, 3.05) is 20.1 Å². The Balaban J connectivity index is 2.43. The van der Waals surface area contributed by atoms with E-state index in [4.69, 9.17) is 0 Å². The topological polar surface area (TPSA) is 15.3 Å². The highest BCUT2D eigenvalue weighted by Gasteiger charge is 2.42. The maximum absolute atomic E-state index is 3.65. The Bertz CT molecular complexity index is 436. The van der Waals surface area contributed by atoms with Gasteiger partial charge in [-0.3, -0.25) is 4.90 Å². The van der Waals surface area contributed by atoms with E-state index in [-0.39, 0.29) is 5.54 Å². The van der Waals surface area contributed by atoms with E-state index in [1.54, 1.807) is 0 Å². The van der Waals surface area contributed by atoms with Gasteiger partial charge in [-0.2, -0.15) is 0 Å². The van der Waals surface area contributed by atoms with Crippen molar-refractivity contribution >= 4 is 0 Å². The second-order valence-corrected chi connectivity index (χ2v) is 6.65. The van der Waals surface area contributed by atoms with Crippen LogP contribution in [0.4, 0.5) is 0 Å². The molecule has 2 rings (SSSR count). The molecule has 0 radical (unpaired) electrons. The standard InChI is InChI=1S/C19H32N2/c1-6-19(7-2,21-10-8-9-11-21)18(20-5)17-13-15(3)12-16(4)14-17/h12-14,18,20H,6-11H2,1-5H3. The van der Waals surface area contributed by atoms with E-state index in [2.05, 4.69) is 63.2 Å². The van der Waals surface area contributed by atoms with E-state index in [9.17, 15) is 0 Å². The van der Waals surface area contributed by atoms with Crippen LogP contribution in [0.25, 0.3) is 0 Å². The Morgan fingerprint density at radius 2 is 1.57 bits per heavy atom. The predicted molar refractivity (Wildman–Crippen MR) is 91.8 cm³/mol. The van der Waals surface area contributed by atoms with Gasteiger partial charge in [0, 0.05) is 5.54 Å². The average Bonchev–Trinajstić information content (AvgIpc) is 2.98. The van der Waals surface area contributed by atoms with Gasteiger partial charge in [0.25, 0.3) is 0 Å². The Hall–Kier alpha value is -0.860. The molecule has 1 aromatic carbocycles. The lowest BCUT2D eigenvalue weighted by Crippen LogP contribution is -2.54. The second-order valence-electron chi connectivity index (χ2n) is 6.65. The molecule has 1 atom stereocenters. The van der Waals surface area contributed by atoms with Crippen LogP contribution in [0.15, 0.2) is 18.2 Å². The first kappa shape index (κ1) is 16.5. The highest BCUT2D eigenvalue weighted by atomic mass is 15.2. The molecule has 1 aromatic rings. The first-order chi connectivity index (χ1) is 10.1. The third kappa shape index (κ3) is 3.17. The zero-order valence-electron chi connectivity index (χ0n) is 14.5. The Morgan fingerprint density at radius 1 is 1.05 bits per heavy atom. The van der Waals surface area contributed by atoms with Crippen LogP contribution in [-0.2, 0) is 0 Å². The molecule has 1 unspecified atom stereocenters. The van der Waals surface area contributed by atoms with Crippen LogP contribution in [0, 0.1) is 13.8 Å². The summed E-state index contributed by atoms with van der Waals surface area (Å²) >= 11 is 0. The van der Waals surface area contributed by atoms with Crippen molar-refractivity contribution in [1.29, 1.82) is 0 Å². The predicted octanol–water partition coefficient (Wildman–Crippen LogP) is 4.22. The number of hydrogen-bond acceptors (Lipinski definition) is 2. The van der Waals surface area contributed by atoms with Gasteiger partial charge in [0.15, 0.2) is 0 Å². The SMILES string of the molecule is CCC(CC)(C(NC)c1cc(C)cc(C)c1)N1CCCC1. The van der Waals surface area contributed by atoms with Crippen LogP contribution in [0.3, 0.4) is 0 Å². The summed E-state index contributed by atoms with van der Waals surface area (Å²) in [5.74, 6) is 0. The number of nitrogens with one attached hydrogen (secondary N) is 1. The first-order valence-electron chi connectivity index (χ1n) is 8.58. The van der Waals surface area contributed by atoms with Crippen molar-refractivity contribution in [1.82, 2.24) is 10.2 Å². The minimum absolute atomic E-state index is 0.242. The normalized spacial score (nSPS) is 18.1. The van der Waals surface area contributed by atoms with Gasteiger partial charge in [-0.15, -0.1) is 0 Å². The van der Waals surface area contributed by atoms with Crippen molar-refractivity contribution in [2.45, 2.75) is 65.0 Å². The molecule has 0 bridgehead atoms. The summed E-state index contributed by atoms with van der Waals surface area (Å²) in [5.41, 5.74) is 4.43. The summed E-state index contributed by atoms with van der Waals surface area (Å²) in [7, 11) is 2.12. The molecular weight excluding hydrogens is 256 g/mol. The molecule has 118 valence electrons. The number of hydrogen-bond donors (Lipinski definition) is 1. The van der Waals surface area contributed by atoms with Gasteiger partial charge in [0.05, 0.1) is 6.04 Å². The molecule has 1 aliphatic heterocycles. The van der Waals surface area contributed by atoms with Crippen molar-refractivity contribution in [3.63, 3.8) is 0 Å². The highest BCUT2D eigenvalue weighted by Crippen LogP contribution is 2.39. The fraction of sp³-hybridized carbons (Fsp3) is 0.684. The van der Waals surface area contributed by atoms with E-state index >= 15 is 0 Å². The molecule has 1 saturated heterocycles. The lowest BCUT2D eigenvalue weighted by Gasteiger charge is -2.47. The third-order valence-electron chi connectivity index (χ3n) is 5.36. The van der Waals surface area contributed by atoms with E-state index < -0.39 is 0 Å². The van der Waals surface area contributed by atoms with Crippen LogP contribution in [0.2, 0.25) is 0 Å². The fourth-order valence-corrected chi connectivity index (χ4v) is 4.37. The maximum atomic E-state index is 3.65. The number of benzene rings is 1. The summed E-state index contributed by atoms with van der Waals surface area (Å²) in [6.45, 7) is 11.6. The van der Waals surface area contributed by atoms with Gasteiger partial charge >= 0.3 is 0 Å². The second kappa shape index (κ2) is 6.93. The molecule has 0 saturated carbocycles. The van der Waals surface area contributed by atoms with Crippen molar-refractivity contribution in [2.24, 2.45) is 0 Å². The Morgan fingerprint density at radius 3 is 2.00 bits per heavy atom. The molecular formula is C19H32N2. The summed E-state index contributed by atoms with van der Waals surface area (Å²) in [4.78, 5) is 2.74. The number of likely N-dealkylation sites (tertiary alicyclic amines) is 1. The molecule has 0 aliphatic carbocycles. The van der Waals surface area contributed by atoms with E-state index in [1.807, 2.05) is 0 Å². The molecule has 0 amide bonds. The van der Waals surface area contributed by atoms with Crippen molar-refractivity contribution < 1.29 is 0 Å². The molecule has 2 heteroatoms. The van der Waals surface area contributed by atoms with Crippen LogP contribution in [0.5, 0.6) is 0 Å².